The van der Waals surface area contributed by atoms with Crippen molar-refractivity contribution in [1.29, 1.82) is 0 Å². The molecule has 0 aliphatic heterocycles. The average Bonchev–Trinajstić information content (AvgIpc) is 3.04. The van der Waals surface area contributed by atoms with Crippen molar-refractivity contribution in [3.8, 4) is 0 Å². The van der Waals surface area contributed by atoms with Crippen LogP contribution in [0.1, 0.15) is 61.4 Å². The lowest BCUT2D eigenvalue weighted by Gasteiger charge is -2.31. The lowest BCUT2D eigenvalue weighted by Crippen LogP contribution is -2.37. The first-order valence-electron chi connectivity index (χ1n) is 7.47. The molecule has 1 aromatic rings. The standard InChI is InChI=1S/C15H25N3OS.ClH/c1-11(2)7-15(5-3-4-6-15)10-17-14(19)12-9-20-13(8-16)18-12;/h9,11H,3-8,10,16H2,1-2H3,(H,17,19);1H. The van der Waals surface area contributed by atoms with Crippen molar-refractivity contribution in [2.24, 2.45) is 17.1 Å². The summed E-state index contributed by atoms with van der Waals surface area (Å²) in [6.45, 7) is 5.69. The Kier molecular flexibility index (Phi) is 7.10. The summed E-state index contributed by atoms with van der Waals surface area (Å²) in [5, 5.41) is 5.69. The first-order valence-corrected chi connectivity index (χ1v) is 8.35. The molecule has 120 valence electrons. The molecule has 0 aromatic carbocycles. The van der Waals surface area contributed by atoms with Crippen molar-refractivity contribution in [3.63, 3.8) is 0 Å². The molecule has 0 radical (unpaired) electrons. The summed E-state index contributed by atoms with van der Waals surface area (Å²) in [5.74, 6) is 0.615. The summed E-state index contributed by atoms with van der Waals surface area (Å²) in [6, 6.07) is 0. The summed E-state index contributed by atoms with van der Waals surface area (Å²) < 4.78 is 0. The molecule has 1 heterocycles. The molecule has 1 saturated carbocycles. The molecule has 1 aromatic heterocycles. The van der Waals surface area contributed by atoms with Gasteiger partial charge >= 0.3 is 0 Å². The molecular weight excluding hydrogens is 306 g/mol. The third kappa shape index (κ3) is 4.94. The highest BCUT2D eigenvalue weighted by Crippen LogP contribution is 2.42. The minimum Gasteiger partial charge on any atom is -0.350 e. The fourth-order valence-electron chi connectivity index (χ4n) is 3.31. The molecule has 0 saturated heterocycles. The molecule has 2 rings (SSSR count). The van der Waals surface area contributed by atoms with Crippen LogP contribution in [0.2, 0.25) is 0 Å². The molecule has 0 unspecified atom stereocenters. The zero-order valence-corrected chi connectivity index (χ0v) is 14.5. The number of nitrogens with one attached hydrogen (secondary N) is 1. The highest BCUT2D eigenvalue weighted by Gasteiger charge is 2.34. The number of halogens is 1. The predicted octanol–water partition coefficient (Wildman–Crippen LogP) is 3.36. The van der Waals surface area contributed by atoms with Crippen molar-refractivity contribution in [2.45, 2.75) is 52.5 Å². The summed E-state index contributed by atoms with van der Waals surface area (Å²) in [6.07, 6.45) is 6.23. The van der Waals surface area contributed by atoms with Gasteiger partial charge in [-0.25, -0.2) is 4.98 Å². The smallest absolute Gasteiger partial charge is 0.270 e. The number of carbonyl (C=O) groups is 1. The maximum atomic E-state index is 12.2. The number of nitrogens with zero attached hydrogens (tertiary/aromatic N) is 1. The summed E-state index contributed by atoms with van der Waals surface area (Å²) in [7, 11) is 0. The Bertz CT molecular complexity index is 456. The maximum Gasteiger partial charge on any atom is 0.270 e. The quantitative estimate of drug-likeness (QED) is 0.839. The molecular formula is C15H26ClN3OS. The Labute approximate surface area is 137 Å². The largest absolute Gasteiger partial charge is 0.350 e. The monoisotopic (exact) mass is 331 g/mol. The Hall–Kier alpha value is -0.650. The van der Waals surface area contributed by atoms with E-state index in [0.717, 1.165) is 11.6 Å². The van der Waals surface area contributed by atoms with Crippen molar-refractivity contribution in [2.75, 3.05) is 6.54 Å². The van der Waals surface area contributed by atoms with Crippen LogP contribution in [-0.4, -0.2) is 17.4 Å². The van der Waals surface area contributed by atoms with Gasteiger partial charge in [0.25, 0.3) is 5.91 Å². The number of carbonyl (C=O) groups excluding carboxylic acids is 1. The molecule has 1 aliphatic rings. The van der Waals surface area contributed by atoms with Crippen molar-refractivity contribution in [3.05, 3.63) is 16.1 Å². The number of rotatable bonds is 6. The Morgan fingerprint density at radius 3 is 2.67 bits per heavy atom. The van der Waals surface area contributed by atoms with E-state index in [2.05, 4.69) is 24.1 Å². The minimum absolute atomic E-state index is 0. The van der Waals surface area contributed by atoms with E-state index in [1.165, 1.54) is 43.4 Å². The molecule has 6 heteroatoms. The van der Waals surface area contributed by atoms with E-state index in [1.54, 1.807) is 5.38 Å². The second kappa shape index (κ2) is 8.11. The number of aromatic nitrogens is 1. The average molecular weight is 332 g/mol. The first-order chi connectivity index (χ1) is 9.54. The molecule has 21 heavy (non-hydrogen) atoms. The lowest BCUT2D eigenvalue weighted by molar-refractivity contribution is 0.0917. The SMILES string of the molecule is CC(C)CC1(CNC(=O)c2csc(CN)n2)CCCC1.Cl. The predicted molar refractivity (Wildman–Crippen MR) is 89.9 cm³/mol. The molecule has 1 amide bonds. The molecule has 0 bridgehead atoms. The van der Waals surface area contributed by atoms with Gasteiger partial charge < -0.3 is 11.1 Å². The van der Waals surface area contributed by atoms with Gasteiger partial charge in [-0.3, -0.25) is 4.79 Å². The van der Waals surface area contributed by atoms with E-state index in [-0.39, 0.29) is 18.3 Å². The highest BCUT2D eigenvalue weighted by molar-refractivity contribution is 7.09. The molecule has 4 nitrogen and oxygen atoms in total. The summed E-state index contributed by atoms with van der Waals surface area (Å²) >= 11 is 1.45. The van der Waals surface area contributed by atoms with Gasteiger partial charge in [-0.1, -0.05) is 26.7 Å². The van der Waals surface area contributed by atoms with Gasteiger partial charge in [0.2, 0.25) is 0 Å². The molecule has 1 aliphatic carbocycles. The second-order valence-electron chi connectivity index (χ2n) is 6.32. The fraction of sp³-hybridized carbons (Fsp3) is 0.733. The van der Waals surface area contributed by atoms with Gasteiger partial charge in [0.15, 0.2) is 0 Å². The molecule has 0 atom stereocenters. The maximum absolute atomic E-state index is 12.2. The van der Waals surface area contributed by atoms with Crippen LogP contribution in [0.15, 0.2) is 5.38 Å². The number of hydrogen-bond donors (Lipinski definition) is 2. The normalized spacial score (nSPS) is 16.8. The molecule has 1 fully saturated rings. The van der Waals surface area contributed by atoms with E-state index < -0.39 is 0 Å². The van der Waals surface area contributed by atoms with Crippen LogP contribution < -0.4 is 11.1 Å². The van der Waals surface area contributed by atoms with Crippen LogP contribution >= 0.6 is 23.7 Å². The van der Waals surface area contributed by atoms with Gasteiger partial charge in [0, 0.05) is 18.5 Å². The molecule has 0 spiro atoms. The summed E-state index contributed by atoms with van der Waals surface area (Å²) in [4.78, 5) is 16.4. The second-order valence-corrected chi connectivity index (χ2v) is 7.26. The van der Waals surface area contributed by atoms with Crippen LogP contribution in [0, 0.1) is 11.3 Å². The van der Waals surface area contributed by atoms with E-state index in [4.69, 9.17) is 5.73 Å². The van der Waals surface area contributed by atoms with Gasteiger partial charge in [-0.15, -0.1) is 23.7 Å². The van der Waals surface area contributed by atoms with Gasteiger partial charge in [-0.05, 0) is 30.6 Å². The van der Waals surface area contributed by atoms with Crippen LogP contribution in [0.25, 0.3) is 0 Å². The van der Waals surface area contributed by atoms with E-state index in [9.17, 15) is 4.79 Å². The lowest BCUT2D eigenvalue weighted by atomic mass is 9.78. The third-order valence-electron chi connectivity index (χ3n) is 4.09. The van der Waals surface area contributed by atoms with E-state index in [0.29, 0.717) is 23.6 Å². The van der Waals surface area contributed by atoms with Crippen LogP contribution in [0.4, 0.5) is 0 Å². The first kappa shape index (κ1) is 18.4. The van der Waals surface area contributed by atoms with Crippen LogP contribution in [-0.2, 0) is 6.54 Å². The fourth-order valence-corrected chi connectivity index (χ4v) is 3.97. The number of nitrogens with two attached hydrogens (primary N) is 1. The topological polar surface area (TPSA) is 68.0 Å². The zero-order chi connectivity index (χ0) is 14.6. The van der Waals surface area contributed by atoms with Gasteiger partial charge in [0.1, 0.15) is 10.7 Å². The highest BCUT2D eigenvalue weighted by atomic mass is 35.5. The van der Waals surface area contributed by atoms with E-state index >= 15 is 0 Å². The van der Waals surface area contributed by atoms with E-state index in [1.807, 2.05) is 0 Å². The molecule has 3 N–H and O–H groups in total. The van der Waals surface area contributed by atoms with Crippen molar-refractivity contribution >= 4 is 29.7 Å². The van der Waals surface area contributed by atoms with Crippen molar-refractivity contribution in [1.82, 2.24) is 10.3 Å². The van der Waals surface area contributed by atoms with Crippen LogP contribution in [0.3, 0.4) is 0 Å². The Morgan fingerprint density at radius 2 is 2.14 bits per heavy atom. The summed E-state index contributed by atoms with van der Waals surface area (Å²) in [5.41, 5.74) is 6.34. The van der Waals surface area contributed by atoms with Crippen LogP contribution in [0.5, 0.6) is 0 Å². The third-order valence-corrected chi connectivity index (χ3v) is 4.96. The van der Waals surface area contributed by atoms with Gasteiger partial charge in [-0.2, -0.15) is 0 Å². The Balaban J connectivity index is 0.00000220. The number of amides is 1. The van der Waals surface area contributed by atoms with Crippen molar-refractivity contribution < 1.29 is 4.79 Å². The Morgan fingerprint density at radius 1 is 1.48 bits per heavy atom. The zero-order valence-electron chi connectivity index (χ0n) is 12.9. The van der Waals surface area contributed by atoms with Gasteiger partial charge in [0.05, 0.1) is 0 Å². The number of thiazole rings is 1. The number of hydrogen-bond acceptors (Lipinski definition) is 4. The minimum atomic E-state index is -0.0593.